The zero-order valence-corrected chi connectivity index (χ0v) is 16.1. The number of carbonyl (C=O) groups is 2. The second-order valence-electron chi connectivity index (χ2n) is 6.10. The Balaban J connectivity index is 2.49. The van der Waals surface area contributed by atoms with Gasteiger partial charge in [0.15, 0.2) is 6.23 Å². The molecule has 0 spiro atoms. The lowest BCUT2D eigenvalue weighted by Crippen LogP contribution is -2.38. The molecule has 152 valence electrons. The quantitative estimate of drug-likeness (QED) is 0.325. The van der Waals surface area contributed by atoms with Crippen molar-refractivity contribution in [2.45, 2.75) is 44.8 Å². The lowest BCUT2D eigenvalue weighted by atomic mass is 10.1. The molecule has 10 heteroatoms. The summed E-state index contributed by atoms with van der Waals surface area (Å²) in [7, 11) is -2.48. The molecule has 9 nitrogen and oxygen atoms in total. The summed E-state index contributed by atoms with van der Waals surface area (Å²) in [4.78, 5) is 29.5. The fourth-order valence-corrected chi connectivity index (χ4v) is 2.91. The summed E-state index contributed by atoms with van der Waals surface area (Å²) < 4.78 is 30.0. The van der Waals surface area contributed by atoms with Crippen LogP contribution in [-0.2, 0) is 19.8 Å². The van der Waals surface area contributed by atoms with E-state index in [1.54, 1.807) is 18.2 Å². The molecule has 27 heavy (non-hydrogen) atoms. The van der Waals surface area contributed by atoms with Gasteiger partial charge in [0.05, 0.1) is 5.75 Å². The van der Waals surface area contributed by atoms with Gasteiger partial charge in [-0.2, -0.15) is 8.42 Å². The summed E-state index contributed by atoms with van der Waals surface area (Å²) in [5, 5.41) is 10.3. The van der Waals surface area contributed by atoms with Crippen molar-refractivity contribution in [2.24, 2.45) is 0 Å². The lowest BCUT2D eigenvalue weighted by Gasteiger charge is -2.21. The van der Waals surface area contributed by atoms with E-state index in [9.17, 15) is 23.1 Å². The van der Waals surface area contributed by atoms with Crippen molar-refractivity contribution in [1.82, 2.24) is 9.96 Å². The molecule has 2 amide bonds. The molecule has 1 fully saturated rings. The molecule has 0 saturated carbocycles. The number of rotatable bonds is 10. The molecule has 1 heterocycles. The maximum atomic E-state index is 12.0. The third kappa shape index (κ3) is 8.85. The van der Waals surface area contributed by atoms with E-state index in [1.165, 1.54) is 13.2 Å². The Labute approximate surface area is 159 Å². The predicted molar refractivity (Wildman–Crippen MR) is 98.6 cm³/mol. The predicted octanol–water partition coefficient (Wildman–Crippen LogP) is 1.98. The minimum Gasteiger partial charge on any atom is -0.370 e. The molecule has 0 aromatic heterocycles. The van der Waals surface area contributed by atoms with E-state index in [-0.39, 0.29) is 18.6 Å². The highest BCUT2D eigenvalue weighted by Crippen LogP contribution is 2.17. The zero-order valence-electron chi connectivity index (χ0n) is 15.3. The number of aliphatic hydroxyl groups is 1. The lowest BCUT2D eigenvalue weighted by molar-refractivity contribution is -0.192. The number of hydroxylamine groups is 2. The molecule has 0 aliphatic carbocycles. The summed E-state index contributed by atoms with van der Waals surface area (Å²) >= 11 is 0. The Bertz CT molecular complexity index is 700. The Morgan fingerprint density at radius 2 is 2.11 bits per heavy atom. The van der Waals surface area contributed by atoms with Gasteiger partial charge < -0.3 is 9.94 Å². The number of unbranched alkanes of at least 4 members (excludes halogenated alkanes) is 2. The highest BCUT2D eigenvalue weighted by molar-refractivity contribution is 7.85. The van der Waals surface area contributed by atoms with Gasteiger partial charge in [0.25, 0.3) is 16.0 Å². The maximum absolute atomic E-state index is 12.0. The number of allylic oxidation sites excluding steroid dienone is 4. The fourth-order valence-electron chi connectivity index (χ4n) is 2.34. The van der Waals surface area contributed by atoms with Gasteiger partial charge in [0.2, 0.25) is 0 Å². The molecule has 0 aromatic carbocycles. The molecule has 1 unspecified atom stereocenters. The highest BCUT2D eigenvalue weighted by atomic mass is 32.2. The maximum Gasteiger partial charge on any atom is 0.438 e. The van der Waals surface area contributed by atoms with Gasteiger partial charge in [0.1, 0.15) is 0 Å². The van der Waals surface area contributed by atoms with E-state index in [0.29, 0.717) is 30.7 Å². The standard InChI is InChI=1S/C17H26N2O7S/c1-3-7-14(8-5-4-6-13-27(23,24)25)11-12-18(2)17(22)26-19-15(20)9-10-16(19)21/h3,7,11-12,15,20H,1,4-6,8-10,13H2,2H3,(H,23,24,25)/b12-11-,14-7-. The first-order valence-corrected chi connectivity index (χ1v) is 10.1. The van der Waals surface area contributed by atoms with Crippen molar-refractivity contribution in [1.29, 1.82) is 0 Å². The average molecular weight is 402 g/mol. The van der Waals surface area contributed by atoms with Crippen LogP contribution in [0.5, 0.6) is 0 Å². The van der Waals surface area contributed by atoms with Crippen molar-refractivity contribution in [3.05, 3.63) is 36.6 Å². The number of amides is 2. The van der Waals surface area contributed by atoms with Gasteiger partial charge >= 0.3 is 6.09 Å². The Hall–Kier alpha value is -2.17. The van der Waals surface area contributed by atoms with Gasteiger partial charge in [-0.05, 0) is 30.9 Å². The van der Waals surface area contributed by atoms with Crippen LogP contribution in [0, 0.1) is 0 Å². The molecular formula is C17H26N2O7S. The molecule has 1 saturated heterocycles. The van der Waals surface area contributed by atoms with E-state index in [2.05, 4.69) is 6.58 Å². The SMILES string of the molecule is C=C/C=C(\C=C/N(C)C(=O)ON1C(=O)CCC1O)CCCCCS(=O)(=O)O. The third-order valence-corrected chi connectivity index (χ3v) is 4.61. The Morgan fingerprint density at radius 1 is 1.41 bits per heavy atom. The summed E-state index contributed by atoms with van der Waals surface area (Å²) in [5.74, 6) is -0.718. The van der Waals surface area contributed by atoms with E-state index >= 15 is 0 Å². The van der Waals surface area contributed by atoms with Crippen molar-refractivity contribution in [3.8, 4) is 0 Å². The van der Waals surface area contributed by atoms with Crippen molar-refractivity contribution >= 4 is 22.1 Å². The van der Waals surface area contributed by atoms with Gasteiger partial charge in [-0.25, -0.2) is 4.79 Å². The highest BCUT2D eigenvalue weighted by Gasteiger charge is 2.33. The average Bonchev–Trinajstić information content (AvgIpc) is 2.89. The van der Waals surface area contributed by atoms with E-state index in [1.807, 2.05) is 0 Å². The van der Waals surface area contributed by atoms with Gasteiger partial charge in [-0.15, -0.1) is 5.06 Å². The van der Waals surface area contributed by atoms with Crippen LogP contribution in [0.25, 0.3) is 0 Å². The van der Waals surface area contributed by atoms with E-state index in [4.69, 9.17) is 9.39 Å². The van der Waals surface area contributed by atoms with Crippen LogP contribution in [-0.4, -0.2) is 59.1 Å². The van der Waals surface area contributed by atoms with Gasteiger partial charge in [-0.3, -0.25) is 14.2 Å². The first kappa shape index (κ1) is 22.9. The van der Waals surface area contributed by atoms with Crippen LogP contribution in [0.1, 0.15) is 38.5 Å². The largest absolute Gasteiger partial charge is 0.438 e. The topological polar surface area (TPSA) is 124 Å². The molecule has 0 aromatic rings. The molecule has 2 N–H and O–H groups in total. The molecule has 1 atom stereocenters. The van der Waals surface area contributed by atoms with Gasteiger partial charge in [0, 0.05) is 26.1 Å². The minimum absolute atomic E-state index is 0.123. The first-order valence-electron chi connectivity index (χ1n) is 8.54. The summed E-state index contributed by atoms with van der Waals surface area (Å²) in [6, 6.07) is 0. The third-order valence-electron chi connectivity index (χ3n) is 3.81. The van der Waals surface area contributed by atoms with E-state index < -0.39 is 28.3 Å². The van der Waals surface area contributed by atoms with Gasteiger partial charge in [-0.1, -0.05) is 25.2 Å². The Kier molecular flexibility index (Phi) is 9.19. The molecular weight excluding hydrogens is 376 g/mol. The van der Waals surface area contributed by atoms with Crippen LogP contribution in [0.3, 0.4) is 0 Å². The molecule has 1 aliphatic heterocycles. The van der Waals surface area contributed by atoms with Crippen LogP contribution in [0.2, 0.25) is 0 Å². The molecule has 0 radical (unpaired) electrons. The molecule has 0 bridgehead atoms. The zero-order chi connectivity index (χ0) is 20.4. The second kappa shape index (κ2) is 10.9. The van der Waals surface area contributed by atoms with Crippen molar-refractivity contribution in [2.75, 3.05) is 12.8 Å². The molecule has 1 aliphatic rings. The number of hydrogen-bond donors (Lipinski definition) is 2. The number of hydrogen-bond acceptors (Lipinski definition) is 6. The summed E-state index contributed by atoms with van der Waals surface area (Å²) in [5.41, 5.74) is 0.855. The smallest absolute Gasteiger partial charge is 0.370 e. The summed E-state index contributed by atoms with van der Waals surface area (Å²) in [6.45, 7) is 3.62. The van der Waals surface area contributed by atoms with E-state index in [0.717, 1.165) is 10.5 Å². The second-order valence-corrected chi connectivity index (χ2v) is 7.67. The van der Waals surface area contributed by atoms with Crippen LogP contribution >= 0.6 is 0 Å². The number of carbonyl (C=O) groups excluding carboxylic acids is 2. The number of nitrogens with zero attached hydrogens (tertiary/aromatic N) is 2. The number of aliphatic hydroxyl groups excluding tert-OH is 1. The normalized spacial score (nSPS) is 18.2. The summed E-state index contributed by atoms with van der Waals surface area (Å²) in [6.07, 6.45) is 7.19. The van der Waals surface area contributed by atoms with Crippen LogP contribution in [0.15, 0.2) is 36.6 Å². The Morgan fingerprint density at radius 3 is 2.67 bits per heavy atom. The fraction of sp³-hybridized carbons (Fsp3) is 0.529. The minimum atomic E-state index is -3.93. The molecule has 1 rings (SSSR count). The van der Waals surface area contributed by atoms with Crippen molar-refractivity contribution < 1.29 is 32.5 Å². The van der Waals surface area contributed by atoms with Crippen LogP contribution in [0.4, 0.5) is 4.79 Å². The first-order chi connectivity index (χ1) is 12.6. The van der Waals surface area contributed by atoms with Crippen molar-refractivity contribution in [3.63, 3.8) is 0 Å². The van der Waals surface area contributed by atoms with Crippen LogP contribution < -0.4 is 0 Å². The monoisotopic (exact) mass is 402 g/mol.